The molecule has 188 valence electrons. The molecule has 4 aromatic rings. The molecular formula is C29H28N4O4. The number of ether oxygens (including phenoxy) is 1. The van der Waals surface area contributed by atoms with Crippen molar-refractivity contribution in [2.24, 2.45) is 0 Å². The second kappa shape index (κ2) is 9.89. The van der Waals surface area contributed by atoms with Crippen molar-refractivity contribution < 1.29 is 19.1 Å². The highest BCUT2D eigenvalue weighted by molar-refractivity contribution is 6.09. The van der Waals surface area contributed by atoms with E-state index >= 15 is 0 Å². The SMILES string of the molecule is COC(=O)c1cccc(CN2C(=O)N(CCCn3ccnc3)C(=O)C2(C)c2cccc3ccccc23)c1. The molecule has 1 aromatic heterocycles. The molecule has 1 saturated heterocycles. The van der Waals surface area contributed by atoms with E-state index in [4.69, 9.17) is 4.74 Å². The average molecular weight is 497 g/mol. The number of rotatable bonds is 8. The fourth-order valence-corrected chi connectivity index (χ4v) is 5.06. The number of esters is 1. The van der Waals surface area contributed by atoms with Crippen LogP contribution in [0.5, 0.6) is 0 Å². The molecule has 37 heavy (non-hydrogen) atoms. The Balaban J connectivity index is 1.54. The van der Waals surface area contributed by atoms with Gasteiger partial charge in [-0.1, -0.05) is 54.6 Å². The van der Waals surface area contributed by atoms with Crippen molar-refractivity contribution in [3.8, 4) is 0 Å². The Labute approximate surface area is 215 Å². The summed E-state index contributed by atoms with van der Waals surface area (Å²) in [7, 11) is 1.33. The van der Waals surface area contributed by atoms with Crippen LogP contribution in [0.1, 0.15) is 34.8 Å². The zero-order valence-electron chi connectivity index (χ0n) is 20.8. The number of hydrogen-bond acceptors (Lipinski definition) is 5. The number of aromatic nitrogens is 2. The van der Waals surface area contributed by atoms with Crippen LogP contribution in [0.4, 0.5) is 4.79 Å². The predicted molar refractivity (Wildman–Crippen MR) is 139 cm³/mol. The number of urea groups is 1. The van der Waals surface area contributed by atoms with Crippen LogP contribution in [-0.2, 0) is 28.2 Å². The second-order valence-corrected chi connectivity index (χ2v) is 9.27. The highest BCUT2D eigenvalue weighted by Crippen LogP contribution is 2.41. The third-order valence-electron chi connectivity index (χ3n) is 7.02. The van der Waals surface area contributed by atoms with Crippen LogP contribution >= 0.6 is 0 Å². The van der Waals surface area contributed by atoms with E-state index in [9.17, 15) is 14.4 Å². The molecule has 0 radical (unpaired) electrons. The van der Waals surface area contributed by atoms with Gasteiger partial charge in [-0.2, -0.15) is 0 Å². The molecule has 1 aliphatic heterocycles. The van der Waals surface area contributed by atoms with Crippen molar-refractivity contribution in [2.75, 3.05) is 13.7 Å². The van der Waals surface area contributed by atoms with E-state index in [0.29, 0.717) is 18.5 Å². The van der Waals surface area contributed by atoms with E-state index < -0.39 is 11.5 Å². The van der Waals surface area contributed by atoms with Crippen LogP contribution < -0.4 is 0 Å². The molecule has 1 unspecified atom stereocenters. The number of fused-ring (bicyclic) bond motifs is 1. The van der Waals surface area contributed by atoms with Crippen LogP contribution in [0, 0.1) is 0 Å². The van der Waals surface area contributed by atoms with Crippen LogP contribution in [0.25, 0.3) is 10.8 Å². The molecule has 2 heterocycles. The lowest BCUT2D eigenvalue weighted by Crippen LogP contribution is -2.44. The van der Waals surface area contributed by atoms with Crippen molar-refractivity contribution in [3.05, 3.63) is 102 Å². The minimum Gasteiger partial charge on any atom is -0.465 e. The monoisotopic (exact) mass is 496 g/mol. The van der Waals surface area contributed by atoms with Crippen molar-refractivity contribution in [1.82, 2.24) is 19.4 Å². The van der Waals surface area contributed by atoms with Gasteiger partial charge in [0.15, 0.2) is 0 Å². The summed E-state index contributed by atoms with van der Waals surface area (Å²) < 4.78 is 6.78. The Kier molecular flexibility index (Phi) is 6.48. The minimum absolute atomic E-state index is 0.160. The Morgan fingerprint density at radius 3 is 2.57 bits per heavy atom. The Hall–Kier alpha value is -4.46. The minimum atomic E-state index is -1.23. The molecule has 1 aliphatic rings. The summed E-state index contributed by atoms with van der Waals surface area (Å²) in [6.07, 6.45) is 5.88. The van der Waals surface area contributed by atoms with E-state index in [1.54, 1.807) is 35.6 Å². The van der Waals surface area contributed by atoms with Crippen LogP contribution in [-0.4, -0.2) is 50.9 Å². The summed E-state index contributed by atoms with van der Waals surface area (Å²) >= 11 is 0. The van der Waals surface area contributed by atoms with Crippen LogP contribution in [0.3, 0.4) is 0 Å². The first-order valence-corrected chi connectivity index (χ1v) is 12.2. The highest BCUT2D eigenvalue weighted by Gasteiger charge is 2.55. The zero-order chi connectivity index (χ0) is 26.0. The molecule has 3 aromatic carbocycles. The summed E-state index contributed by atoms with van der Waals surface area (Å²) in [5.74, 6) is -0.716. The third kappa shape index (κ3) is 4.35. The zero-order valence-corrected chi connectivity index (χ0v) is 20.8. The number of methoxy groups -OCH3 is 1. The van der Waals surface area contributed by atoms with Gasteiger partial charge in [-0.25, -0.2) is 14.6 Å². The fourth-order valence-electron chi connectivity index (χ4n) is 5.06. The second-order valence-electron chi connectivity index (χ2n) is 9.27. The standard InChI is InChI=1S/C29H28N4O4/c1-29(25-13-6-10-22-9-3-4-12-24(22)25)27(35)32(16-7-15-31-17-14-30-20-31)28(36)33(29)19-21-8-5-11-23(18-21)26(34)37-2/h3-6,8-14,17-18,20H,7,15-16,19H2,1-2H3. The molecule has 1 fully saturated rings. The lowest BCUT2D eigenvalue weighted by Gasteiger charge is -2.33. The number of hydrogen-bond donors (Lipinski definition) is 0. The summed E-state index contributed by atoms with van der Waals surface area (Å²) in [6, 6.07) is 20.3. The number of aryl methyl sites for hydroxylation is 1. The highest BCUT2D eigenvalue weighted by atomic mass is 16.5. The van der Waals surface area contributed by atoms with Gasteiger partial charge in [0.1, 0.15) is 5.54 Å². The molecule has 0 saturated carbocycles. The maximum Gasteiger partial charge on any atom is 0.337 e. The van der Waals surface area contributed by atoms with E-state index in [2.05, 4.69) is 4.98 Å². The summed E-state index contributed by atoms with van der Waals surface area (Å²) in [5, 5.41) is 1.91. The summed E-state index contributed by atoms with van der Waals surface area (Å²) in [4.78, 5) is 47.0. The molecule has 0 spiro atoms. The number of imide groups is 1. The quantitative estimate of drug-likeness (QED) is 0.263. The maximum atomic E-state index is 14.1. The van der Waals surface area contributed by atoms with Crippen molar-refractivity contribution in [1.29, 1.82) is 0 Å². The number of nitrogens with zero attached hydrogens (tertiary/aromatic N) is 4. The first-order chi connectivity index (χ1) is 17.9. The van der Waals surface area contributed by atoms with Gasteiger partial charge in [0, 0.05) is 32.0 Å². The molecule has 8 heteroatoms. The smallest absolute Gasteiger partial charge is 0.337 e. The average Bonchev–Trinajstić information content (AvgIpc) is 3.51. The number of benzene rings is 3. The topological polar surface area (TPSA) is 84.7 Å². The van der Waals surface area contributed by atoms with Crippen molar-refractivity contribution >= 4 is 28.7 Å². The largest absolute Gasteiger partial charge is 0.465 e. The molecule has 0 bridgehead atoms. The normalized spacial score (nSPS) is 17.6. The molecule has 8 nitrogen and oxygen atoms in total. The summed E-state index contributed by atoms with van der Waals surface area (Å²) in [5.41, 5.74) is 0.664. The van der Waals surface area contributed by atoms with Gasteiger partial charge in [0.05, 0.1) is 19.0 Å². The molecule has 5 rings (SSSR count). The Morgan fingerprint density at radius 2 is 1.78 bits per heavy atom. The lowest BCUT2D eigenvalue weighted by atomic mass is 9.86. The van der Waals surface area contributed by atoms with E-state index in [1.165, 1.54) is 12.0 Å². The first-order valence-electron chi connectivity index (χ1n) is 12.2. The van der Waals surface area contributed by atoms with Gasteiger partial charge >= 0.3 is 12.0 Å². The van der Waals surface area contributed by atoms with Gasteiger partial charge in [0.25, 0.3) is 5.91 Å². The molecule has 3 amide bonds. The maximum absolute atomic E-state index is 14.1. The fraction of sp³-hybridized carbons (Fsp3) is 0.241. The van der Waals surface area contributed by atoms with Crippen LogP contribution in [0.15, 0.2) is 85.5 Å². The predicted octanol–water partition coefficient (Wildman–Crippen LogP) is 4.59. The van der Waals surface area contributed by atoms with Gasteiger partial charge in [-0.3, -0.25) is 9.69 Å². The van der Waals surface area contributed by atoms with Crippen LogP contribution in [0.2, 0.25) is 0 Å². The van der Waals surface area contributed by atoms with Gasteiger partial charge < -0.3 is 14.2 Å². The number of carbonyl (C=O) groups excluding carboxylic acids is 3. The molecule has 0 N–H and O–H groups in total. The van der Waals surface area contributed by atoms with E-state index in [-0.39, 0.29) is 25.0 Å². The Morgan fingerprint density at radius 1 is 1.00 bits per heavy atom. The van der Waals surface area contributed by atoms with Gasteiger partial charge in [0.2, 0.25) is 0 Å². The number of imidazole rings is 1. The van der Waals surface area contributed by atoms with E-state index in [0.717, 1.165) is 21.9 Å². The molecule has 1 atom stereocenters. The molecule has 0 aliphatic carbocycles. The third-order valence-corrected chi connectivity index (χ3v) is 7.02. The van der Waals surface area contributed by atoms with Crippen molar-refractivity contribution in [2.45, 2.75) is 32.0 Å². The van der Waals surface area contributed by atoms with Gasteiger partial charge in [-0.05, 0) is 47.4 Å². The van der Waals surface area contributed by atoms with Gasteiger partial charge in [-0.15, -0.1) is 0 Å². The van der Waals surface area contributed by atoms with E-state index in [1.807, 2.05) is 66.2 Å². The lowest BCUT2D eigenvalue weighted by molar-refractivity contribution is -0.133. The number of amides is 3. The first kappa shape index (κ1) is 24.2. The van der Waals surface area contributed by atoms with Crippen molar-refractivity contribution in [3.63, 3.8) is 0 Å². The molecular weight excluding hydrogens is 468 g/mol. The summed E-state index contributed by atoms with van der Waals surface area (Å²) in [6.45, 7) is 2.90. The number of carbonyl (C=O) groups is 3. The Bertz CT molecular complexity index is 1460.